The summed E-state index contributed by atoms with van der Waals surface area (Å²) in [4.78, 5) is 16.1. The van der Waals surface area contributed by atoms with Crippen molar-refractivity contribution < 1.29 is 19.4 Å². The molecule has 0 fully saturated rings. The van der Waals surface area contributed by atoms with Gasteiger partial charge in [0.15, 0.2) is 0 Å². The smallest absolute Gasteiger partial charge is 0.335 e. The molecule has 6 nitrogen and oxygen atoms in total. The number of ether oxygens (including phenoxy) is 2. The molecule has 0 unspecified atom stereocenters. The minimum absolute atomic E-state index is 0.298. The summed E-state index contributed by atoms with van der Waals surface area (Å²) in [5.74, 6) is 1.46. The summed E-state index contributed by atoms with van der Waals surface area (Å²) in [6.07, 6.45) is 2.93. The number of anilines is 1. The van der Waals surface area contributed by atoms with Gasteiger partial charge in [0.25, 0.3) is 0 Å². The maximum Gasteiger partial charge on any atom is 0.335 e. The zero-order valence-electron chi connectivity index (χ0n) is 15.9. The lowest BCUT2D eigenvalue weighted by Gasteiger charge is -2.15. The Bertz CT molecular complexity index is 1060. The van der Waals surface area contributed by atoms with Crippen LogP contribution >= 0.6 is 0 Å². The number of methoxy groups -OCH3 is 2. The van der Waals surface area contributed by atoms with Gasteiger partial charge in [0.05, 0.1) is 25.3 Å². The molecule has 0 spiro atoms. The first-order chi connectivity index (χ1) is 13.6. The molecular weight excluding hydrogens is 356 g/mol. The molecule has 3 aromatic rings. The molecule has 1 aliphatic carbocycles. The highest BCUT2D eigenvalue weighted by Gasteiger charge is 2.21. The molecule has 1 aliphatic rings. The fourth-order valence-electron chi connectivity index (χ4n) is 3.82. The third-order valence-electron chi connectivity index (χ3n) is 5.25. The summed E-state index contributed by atoms with van der Waals surface area (Å²) in [5, 5.41) is 13.7. The van der Waals surface area contributed by atoms with Crippen LogP contribution in [0.15, 0.2) is 36.4 Å². The molecule has 144 valence electrons. The largest absolute Gasteiger partial charge is 0.497 e. The van der Waals surface area contributed by atoms with Gasteiger partial charge in [0.2, 0.25) is 0 Å². The van der Waals surface area contributed by atoms with E-state index >= 15 is 0 Å². The lowest BCUT2D eigenvalue weighted by Crippen LogP contribution is -2.07. The number of pyridine rings is 1. The molecule has 0 saturated carbocycles. The number of hydrogen-bond acceptors (Lipinski definition) is 5. The van der Waals surface area contributed by atoms with Crippen molar-refractivity contribution in [3.05, 3.63) is 58.7 Å². The van der Waals surface area contributed by atoms with Gasteiger partial charge in [-0.2, -0.15) is 0 Å². The van der Waals surface area contributed by atoms with Crippen LogP contribution in [0.3, 0.4) is 0 Å². The maximum absolute atomic E-state index is 11.3. The molecule has 2 aromatic carbocycles. The maximum atomic E-state index is 11.3. The highest BCUT2D eigenvalue weighted by molar-refractivity contribution is 5.95. The summed E-state index contributed by atoms with van der Waals surface area (Å²) in [7, 11) is 3.27. The first-order valence-electron chi connectivity index (χ1n) is 9.24. The van der Waals surface area contributed by atoms with Gasteiger partial charge in [-0.3, -0.25) is 0 Å². The molecule has 4 rings (SSSR count). The van der Waals surface area contributed by atoms with E-state index in [-0.39, 0.29) is 0 Å². The van der Waals surface area contributed by atoms with E-state index in [0.29, 0.717) is 12.1 Å². The second-order valence-corrected chi connectivity index (χ2v) is 6.84. The van der Waals surface area contributed by atoms with Gasteiger partial charge in [-0.05, 0) is 60.7 Å². The van der Waals surface area contributed by atoms with Crippen LogP contribution in [-0.4, -0.2) is 30.3 Å². The van der Waals surface area contributed by atoms with Crippen molar-refractivity contribution in [1.82, 2.24) is 4.98 Å². The number of aryl methyl sites for hydroxylation is 1. The highest BCUT2D eigenvalue weighted by atomic mass is 16.5. The number of aromatic carboxylic acids is 1. The minimum Gasteiger partial charge on any atom is -0.497 e. The van der Waals surface area contributed by atoms with Gasteiger partial charge in [-0.25, -0.2) is 9.78 Å². The molecule has 0 amide bonds. The highest BCUT2D eigenvalue weighted by Crippen LogP contribution is 2.35. The summed E-state index contributed by atoms with van der Waals surface area (Å²) in [6, 6.07) is 10.9. The summed E-state index contributed by atoms with van der Waals surface area (Å²) < 4.78 is 10.7. The van der Waals surface area contributed by atoms with Gasteiger partial charge < -0.3 is 19.9 Å². The number of fused-ring (bicyclic) bond motifs is 3. The monoisotopic (exact) mass is 378 g/mol. The van der Waals surface area contributed by atoms with E-state index in [1.165, 1.54) is 11.1 Å². The number of carboxylic acid groups (broad SMARTS) is 1. The van der Waals surface area contributed by atoms with Crippen LogP contribution in [0, 0.1) is 0 Å². The van der Waals surface area contributed by atoms with E-state index in [2.05, 4.69) is 5.32 Å². The fourth-order valence-corrected chi connectivity index (χ4v) is 3.82. The molecule has 0 saturated heterocycles. The number of carbonyl (C=O) groups is 1. The molecule has 0 bridgehead atoms. The van der Waals surface area contributed by atoms with Crippen LogP contribution in [0.1, 0.15) is 33.5 Å². The molecule has 6 heteroatoms. The molecule has 1 heterocycles. The number of rotatable bonds is 6. The van der Waals surface area contributed by atoms with Crippen molar-refractivity contribution in [2.45, 2.75) is 25.8 Å². The van der Waals surface area contributed by atoms with Crippen LogP contribution in [0.2, 0.25) is 0 Å². The Hall–Kier alpha value is -3.28. The summed E-state index contributed by atoms with van der Waals surface area (Å²) >= 11 is 0. The topological polar surface area (TPSA) is 80.7 Å². The molecule has 28 heavy (non-hydrogen) atoms. The van der Waals surface area contributed by atoms with Crippen molar-refractivity contribution in [3.8, 4) is 11.5 Å². The quantitative estimate of drug-likeness (QED) is 0.674. The van der Waals surface area contributed by atoms with Crippen molar-refractivity contribution in [2.24, 2.45) is 0 Å². The third-order valence-corrected chi connectivity index (χ3v) is 5.25. The molecule has 0 aliphatic heterocycles. The number of nitrogens with one attached hydrogen (secondary N) is 1. The van der Waals surface area contributed by atoms with Gasteiger partial charge in [0.1, 0.15) is 17.3 Å². The number of nitrogens with zero attached hydrogens (tertiary/aromatic N) is 1. The van der Waals surface area contributed by atoms with Crippen LogP contribution in [0.5, 0.6) is 11.5 Å². The first-order valence-corrected chi connectivity index (χ1v) is 9.24. The normalized spacial score (nSPS) is 12.6. The lowest BCUT2D eigenvalue weighted by molar-refractivity contribution is 0.0697. The Labute approximate surface area is 163 Å². The van der Waals surface area contributed by atoms with E-state index in [1.54, 1.807) is 32.4 Å². The van der Waals surface area contributed by atoms with Crippen LogP contribution in [-0.2, 0) is 19.4 Å². The Balaban J connectivity index is 1.68. The standard InChI is InChI=1S/C22H22N2O4/c1-27-15-8-6-14(20(11-15)28-2)12-23-21-17-5-3-4-16(17)18-10-13(22(25)26)7-9-19(18)24-21/h6-11H,3-5,12H2,1-2H3,(H,23,24)(H,25,26). The lowest BCUT2D eigenvalue weighted by atomic mass is 10.0. The van der Waals surface area contributed by atoms with E-state index in [1.807, 2.05) is 18.2 Å². The SMILES string of the molecule is COc1ccc(CNc2nc3ccc(C(=O)O)cc3c3c2CCC3)c(OC)c1. The van der Waals surface area contributed by atoms with Crippen molar-refractivity contribution >= 4 is 22.7 Å². The zero-order chi connectivity index (χ0) is 19.7. The average molecular weight is 378 g/mol. The first kappa shape index (κ1) is 18.1. The molecule has 0 atom stereocenters. The van der Waals surface area contributed by atoms with E-state index in [9.17, 15) is 9.90 Å². The van der Waals surface area contributed by atoms with Gasteiger partial charge in [-0.15, -0.1) is 0 Å². The molecular formula is C22H22N2O4. The van der Waals surface area contributed by atoms with Crippen molar-refractivity contribution in [2.75, 3.05) is 19.5 Å². The van der Waals surface area contributed by atoms with Crippen LogP contribution in [0.4, 0.5) is 5.82 Å². The Morgan fingerprint density at radius 3 is 2.68 bits per heavy atom. The Morgan fingerprint density at radius 2 is 1.93 bits per heavy atom. The number of aromatic nitrogens is 1. The summed E-state index contributed by atoms with van der Waals surface area (Å²) in [5.41, 5.74) is 4.51. The van der Waals surface area contributed by atoms with E-state index < -0.39 is 5.97 Å². The summed E-state index contributed by atoms with van der Waals surface area (Å²) in [6.45, 7) is 0.575. The van der Waals surface area contributed by atoms with E-state index in [4.69, 9.17) is 14.5 Å². The van der Waals surface area contributed by atoms with Crippen LogP contribution < -0.4 is 14.8 Å². The predicted molar refractivity (Wildman–Crippen MR) is 108 cm³/mol. The van der Waals surface area contributed by atoms with E-state index in [0.717, 1.165) is 53.0 Å². The number of carboxylic acids is 1. The molecule has 1 aromatic heterocycles. The third kappa shape index (κ3) is 3.22. The Morgan fingerprint density at radius 1 is 1.11 bits per heavy atom. The Kier molecular flexibility index (Phi) is 4.77. The fraction of sp³-hybridized carbons (Fsp3) is 0.273. The number of hydrogen-bond donors (Lipinski definition) is 2. The average Bonchev–Trinajstić information content (AvgIpc) is 3.21. The minimum atomic E-state index is -0.914. The molecule has 0 radical (unpaired) electrons. The predicted octanol–water partition coefficient (Wildman–Crippen LogP) is 4.05. The second kappa shape index (κ2) is 7.38. The van der Waals surface area contributed by atoms with Crippen molar-refractivity contribution in [1.29, 1.82) is 0 Å². The van der Waals surface area contributed by atoms with Crippen molar-refractivity contribution in [3.63, 3.8) is 0 Å². The van der Waals surface area contributed by atoms with Gasteiger partial charge >= 0.3 is 5.97 Å². The van der Waals surface area contributed by atoms with Gasteiger partial charge in [-0.1, -0.05) is 0 Å². The van der Waals surface area contributed by atoms with Gasteiger partial charge in [0, 0.05) is 23.6 Å². The molecule has 2 N–H and O–H groups in total. The second-order valence-electron chi connectivity index (χ2n) is 6.84. The zero-order valence-corrected chi connectivity index (χ0v) is 15.9. The van der Waals surface area contributed by atoms with Crippen LogP contribution in [0.25, 0.3) is 10.9 Å². The number of benzene rings is 2.